The predicted octanol–water partition coefficient (Wildman–Crippen LogP) is 5.54. The zero-order chi connectivity index (χ0) is 27.8. The molecule has 0 bridgehead atoms. The number of likely N-dealkylation sites (tertiary alicyclic amines) is 1. The normalized spacial score (nSPS) is 23.4. The SMILES string of the molecule is CN1CCN(c2ccc(Oc3cc(CN4CC[C@@H]5[C@H](CC4)[C@H]5C(=O)O)cc(-c4cc(Cl)cc(Cl)c4)n3)cn2)CC1. The van der Waals surface area contributed by atoms with Crippen molar-refractivity contribution in [2.45, 2.75) is 19.4 Å². The Morgan fingerprint density at radius 1 is 0.975 bits per heavy atom. The first-order valence-corrected chi connectivity index (χ1v) is 14.6. The van der Waals surface area contributed by atoms with Gasteiger partial charge in [-0.05, 0) is 86.8 Å². The Balaban J connectivity index is 1.21. The first-order chi connectivity index (χ1) is 19.3. The van der Waals surface area contributed by atoms with Crippen LogP contribution in [0.15, 0.2) is 48.7 Å². The van der Waals surface area contributed by atoms with Crippen molar-refractivity contribution >= 4 is 35.0 Å². The van der Waals surface area contributed by atoms with Gasteiger partial charge in [0.2, 0.25) is 5.88 Å². The lowest BCUT2D eigenvalue weighted by atomic mass is 10.1. The van der Waals surface area contributed by atoms with Gasteiger partial charge >= 0.3 is 5.97 Å². The molecular weight excluding hydrogens is 549 g/mol. The number of carboxylic acids is 1. The van der Waals surface area contributed by atoms with Gasteiger partial charge in [-0.3, -0.25) is 9.69 Å². The zero-order valence-electron chi connectivity index (χ0n) is 22.5. The number of fused-ring (bicyclic) bond motifs is 1. The van der Waals surface area contributed by atoms with Crippen molar-refractivity contribution in [3.63, 3.8) is 0 Å². The molecular formula is C30H33Cl2N5O3. The van der Waals surface area contributed by atoms with E-state index in [-0.39, 0.29) is 5.92 Å². The van der Waals surface area contributed by atoms with Crippen LogP contribution >= 0.6 is 23.2 Å². The number of rotatable bonds is 7. The fourth-order valence-corrected chi connectivity index (χ4v) is 6.64. The highest BCUT2D eigenvalue weighted by Crippen LogP contribution is 2.52. The van der Waals surface area contributed by atoms with E-state index in [1.165, 1.54) is 0 Å². The molecule has 2 aliphatic heterocycles. The molecule has 1 saturated carbocycles. The van der Waals surface area contributed by atoms with Crippen LogP contribution in [0.3, 0.4) is 0 Å². The van der Waals surface area contributed by atoms with Crippen LogP contribution in [0.25, 0.3) is 11.3 Å². The van der Waals surface area contributed by atoms with Crippen molar-refractivity contribution in [1.82, 2.24) is 19.8 Å². The summed E-state index contributed by atoms with van der Waals surface area (Å²) in [7, 11) is 2.14. The van der Waals surface area contributed by atoms with Gasteiger partial charge in [-0.25, -0.2) is 9.97 Å². The topological polar surface area (TPSA) is 82.0 Å². The standard InChI is InChI=1S/C30H33Cl2N5O3/c1-35-8-10-37(11-9-35)27-3-2-23(17-33-27)40-28-13-19(12-26(34-28)20-14-21(31)16-22(32)15-20)18-36-6-4-24-25(5-7-36)29(24)30(38)39/h2-3,12-17,24-25,29H,4-11,18H2,1H3,(H,38,39)/t24-,25+,29+. The molecule has 1 aliphatic carbocycles. The molecule has 210 valence electrons. The number of benzene rings is 1. The number of ether oxygens (including phenoxy) is 1. The number of likely N-dealkylation sites (N-methyl/N-ethyl adjacent to an activating group) is 1. The van der Waals surface area contributed by atoms with Crippen molar-refractivity contribution in [1.29, 1.82) is 0 Å². The molecule has 2 saturated heterocycles. The van der Waals surface area contributed by atoms with Crippen molar-refractivity contribution in [3.05, 3.63) is 64.3 Å². The summed E-state index contributed by atoms with van der Waals surface area (Å²) in [5.41, 5.74) is 2.60. The Bertz CT molecular complexity index is 1350. The maximum atomic E-state index is 11.5. The number of halogens is 2. The summed E-state index contributed by atoms with van der Waals surface area (Å²) in [6.45, 7) is 6.41. The smallest absolute Gasteiger partial charge is 0.307 e. The lowest BCUT2D eigenvalue weighted by Crippen LogP contribution is -2.44. The predicted molar refractivity (Wildman–Crippen MR) is 156 cm³/mol. The third kappa shape index (κ3) is 6.20. The van der Waals surface area contributed by atoms with Gasteiger partial charge in [0.25, 0.3) is 0 Å². The second kappa shape index (κ2) is 11.5. The van der Waals surface area contributed by atoms with Crippen LogP contribution in [0, 0.1) is 17.8 Å². The van der Waals surface area contributed by atoms with Gasteiger partial charge in [0.1, 0.15) is 11.6 Å². The van der Waals surface area contributed by atoms with E-state index in [1.54, 1.807) is 12.3 Å². The summed E-state index contributed by atoms with van der Waals surface area (Å²) < 4.78 is 6.23. The Morgan fingerprint density at radius 2 is 1.68 bits per heavy atom. The van der Waals surface area contributed by atoms with Crippen molar-refractivity contribution in [3.8, 4) is 22.9 Å². The summed E-state index contributed by atoms with van der Waals surface area (Å²) in [4.78, 5) is 27.9. The number of hydrogen-bond acceptors (Lipinski definition) is 7. The van der Waals surface area contributed by atoms with Crippen LogP contribution in [-0.4, -0.2) is 77.2 Å². The lowest BCUT2D eigenvalue weighted by molar-refractivity contribution is -0.139. The number of pyridine rings is 2. The maximum absolute atomic E-state index is 11.5. The molecule has 0 radical (unpaired) electrons. The van der Waals surface area contributed by atoms with Gasteiger partial charge in [-0.1, -0.05) is 23.2 Å². The first kappa shape index (κ1) is 27.3. The molecule has 3 atom stereocenters. The number of aliphatic carboxylic acids is 1. The minimum atomic E-state index is -0.643. The molecule has 3 aromatic rings. The number of carbonyl (C=O) groups is 1. The maximum Gasteiger partial charge on any atom is 0.307 e. The highest BCUT2D eigenvalue weighted by atomic mass is 35.5. The van der Waals surface area contributed by atoms with Gasteiger partial charge in [0.15, 0.2) is 0 Å². The Morgan fingerprint density at radius 3 is 2.30 bits per heavy atom. The molecule has 1 aromatic carbocycles. The second-order valence-electron chi connectivity index (χ2n) is 11.1. The summed E-state index contributed by atoms with van der Waals surface area (Å²) in [6.07, 6.45) is 3.58. The number of piperazine rings is 1. The van der Waals surface area contributed by atoms with E-state index in [9.17, 15) is 9.90 Å². The van der Waals surface area contributed by atoms with Crippen molar-refractivity contribution < 1.29 is 14.6 Å². The largest absolute Gasteiger partial charge is 0.481 e. The molecule has 40 heavy (non-hydrogen) atoms. The molecule has 10 heteroatoms. The minimum Gasteiger partial charge on any atom is -0.481 e. The van der Waals surface area contributed by atoms with E-state index < -0.39 is 5.97 Å². The first-order valence-electron chi connectivity index (χ1n) is 13.8. The van der Waals surface area contributed by atoms with E-state index in [0.717, 1.165) is 81.3 Å². The van der Waals surface area contributed by atoms with E-state index in [1.807, 2.05) is 30.3 Å². The highest BCUT2D eigenvalue weighted by Gasteiger charge is 2.54. The fraction of sp³-hybridized carbons (Fsp3) is 0.433. The van der Waals surface area contributed by atoms with Gasteiger partial charge < -0.3 is 19.6 Å². The lowest BCUT2D eigenvalue weighted by Gasteiger charge is -2.33. The van der Waals surface area contributed by atoms with Gasteiger partial charge in [-0.15, -0.1) is 0 Å². The second-order valence-corrected chi connectivity index (χ2v) is 12.0. The molecule has 8 nitrogen and oxygen atoms in total. The van der Waals surface area contributed by atoms with E-state index >= 15 is 0 Å². The van der Waals surface area contributed by atoms with Crippen LogP contribution < -0.4 is 9.64 Å². The molecule has 0 spiro atoms. The van der Waals surface area contributed by atoms with Gasteiger partial charge in [0.05, 0.1) is 17.8 Å². The quantitative estimate of drug-likeness (QED) is 0.389. The van der Waals surface area contributed by atoms with Crippen LogP contribution in [0.5, 0.6) is 11.6 Å². The van der Waals surface area contributed by atoms with Gasteiger partial charge in [-0.2, -0.15) is 0 Å². The summed E-state index contributed by atoms with van der Waals surface area (Å²) >= 11 is 12.6. The van der Waals surface area contributed by atoms with E-state index in [0.29, 0.717) is 33.5 Å². The summed E-state index contributed by atoms with van der Waals surface area (Å²) in [5.74, 6) is 1.86. The number of hydrogen-bond donors (Lipinski definition) is 1. The van der Waals surface area contributed by atoms with Crippen LogP contribution in [0.1, 0.15) is 18.4 Å². The molecule has 0 unspecified atom stereocenters. The van der Waals surface area contributed by atoms with Crippen molar-refractivity contribution in [2.75, 3.05) is 51.2 Å². The third-order valence-corrected chi connectivity index (χ3v) is 8.81. The van der Waals surface area contributed by atoms with Crippen LogP contribution in [0.4, 0.5) is 5.82 Å². The molecule has 6 rings (SSSR count). The molecule has 3 fully saturated rings. The van der Waals surface area contributed by atoms with E-state index in [4.69, 9.17) is 32.9 Å². The molecule has 0 amide bonds. The average Bonchev–Trinajstić information content (AvgIpc) is 3.66. The average molecular weight is 583 g/mol. The summed E-state index contributed by atoms with van der Waals surface area (Å²) in [5, 5.41) is 10.5. The molecule has 1 N–H and O–H groups in total. The Hall–Kier alpha value is -2.91. The highest BCUT2D eigenvalue weighted by molar-refractivity contribution is 6.35. The minimum absolute atomic E-state index is 0.154. The van der Waals surface area contributed by atoms with Crippen molar-refractivity contribution in [2.24, 2.45) is 17.8 Å². The van der Waals surface area contributed by atoms with Crippen LogP contribution in [0.2, 0.25) is 10.0 Å². The Kier molecular flexibility index (Phi) is 7.86. The molecule has 3 aliphatic rings. The number of carboxylic acid groups (broad SMARTS) is 1. The number of aromatic nitrogens is 2. The zero-order valence-corrected chi connectivity index (χ0v) is 24.0. The number of nitrogens with zero attached hydrogens (tertiary/aromatic N) is 5. The van der Waals surface area contributed by atoms with Gasteiger partial charge in [0, 0.05) is 54.4 Å². The molecule has 4 heterocycles. The Labute approximate surface area is 244 Å². The van der Waals surface area contributed by atoms with Crippen LogP contribution in [-0.2, 0) is 11.3 Å². The fourth-order valence-electron chi connectivity index (χ4n) is 6.12. The summed E-state index contributed by atoms with van der Waals surface area (Å²) in [6, 6.07) is 13.3. The third-order valence-electron chi connectivity index (χ3n) is 8.37. The monoisotopic (exact) mass is 581 g/mol. The molecule has 2 aromatic heterocycles. The van der Waals surface area contributed by atoms with E-state index in [2.05, 4.69) is 32.8 Å². The number of anilines is 1.